The molecule has 0 unspecified atom stereocenters. The van der Waals surface area contributed by atoms with Gasteiger partial charge in [0, 0.05) is 12.3 Å². The standard InChI is InChI=1S/C7H7F3IN3OS/c8-7(9,10)16-2-1-12-5-4(11)6(15)14-3-13-5/h3H,1-2H2,(H2,12,13,14,15). The van der Waals surface area contributed by atoms with Crippen molar-refractivity contribution < 1.29 is 13.2 Å². The third-order valence-corrected chi connectivity index (χ3v) is 3.19. The normalized spacial score (nSPS) is 11.5. The second kappa shape index (κ2) is 5.75. The van der Waals surface area contributed by atoms with E-state index in [1.54, 1.807) is 22.6 Å². The molecule has 0 fully saturated rings. The van der Waals surface area contributed by atoms with Crippen molar-refractivity contribution in [1.82, 2.24) is 9.97 Å². The van der Waals surface area contributed by atoms with Crippen LogP contribution in [0.5, 0.6) is 0 Å². The van der Waals surface area contributed by atoms with Crippen LogP contribution in [0.25, 0.3) is 0 Å². The summed E-state index contributed by atoms with van der Waals surface area (Å²) in [4.78, 5) is 17.3. The van der Waals surface area contributed by atoms with Gasteiger partial charge in [-0.15, -0.1) is 0 Å². The molecule has 1 aromatic rings. The molecular formula is C7H7F3IN3OS. The Labute approximate surface area is 107 Å². The average Bonchev–Trinajstić information content (AvgIpc) is 2.17. The minimum atomic E-state index is -4.23. The summed E-state index contributed by atoms with van der Waals surface area (Å²) < 4.78 is 35.7. The van der Waals surface area contributed by atoms with Gasteiger partial charge in [-0.2, -0.15) is 13.2 Å². The van der Waals surface area contributed by atoms with E-state index in [4.69, 9.17) is 0 Å². The van der Waals surface area contributed by atoms with Crippen molar-refractivity contribution in [1.29, 1.82) is 0 Å². The fourth-order valence-corrected chi connectivity index (χ4v) is 1.76. The first-order chi connectivity index (χ1) is 7.40. The van der Waals surface area contributed by atoms with E-state index >= 15 is 0 Å². The van der Waals surface area contributed by atoms with Crippen molar-refractivity contribution in [3.63, 3.8) is 0 Å². The van der Waals surface area contributed by atoms with Gasteiger partial charge in [-0.25, -0.2) is 4.98 Å². The molecule has 1 aromatic heterocycles. The molecule has 0 atom stereocenters. The van der Waals surface area contributed by atoms with E-state index in [2.05, 4.69) is 15.3 Å². The molecule has 0 aliphatic carbocycles. The first-order valence-electron chi connectivity index (χ1n) is 4.08. The highest BCUT2D eigenvalue weighted by Gasteiger charge is 2.27. The summed E-state index contributed by atoms with van der Waals surface area (Å²) >= 11 is 1.66. The van der Waals surface area contributed by atoms with Crippen molar-refractivity contribution >= 4 is 40.2 Å². The summed E-state index contributed by atoms with van der Waals surface area (Å²) in [6.45, 7) is 0.0939. The van der Waals surface area contributed by atoms with E-state index in [9.17, 15) is 18.0 Å². The number of hydrogen-bond acceptors (Lipinski definition) is 4. The lowest BCUT2D eigenvalue weighted by Gasteiger charge is -2.07. The third-order valence-electron chi connectivity index (χ3n) is 1.46. The first kappa shape index (κ1) is 13.6. The lowest BCUT2D eigenvalue weighted by molar-refractivity contribution is -0.0327. The molecule has 90 valence electrons. The first-order valence-corrected chi connectivity index (χ1v) is 6.14. The number of H-pyrrole nitrogens is 1. The summed E-state index contributed by atoms with van der Waals surface area (Å²) in [5.74, 6) is 0.167. The van der Waals surface area contributed by atoms with Crippen molar-refractivity contribution in [3.8, 4) is 0 Å². The molecule has 0 spiro atoms. The Hall–Kier alpha value is -0.450. The monoisotopic (exact) mass is 365 g/mol. The Morgan fingerprint density at radius 3 is 2.88 bits per heavy atom. The van der Waals surface area contributed by atoms with E-state index < -0.39 is 5.51 Å². The smallest absolute Gasteiger partial charge is 0.368 e. The quantitative estimate of drug-likeness (QED) is 0.634. The molecule has 0 radical (unpaired) electrons. The SMILES string of the molecule is O=c1[nH]cnc(NCCSC(F)(F)F)c1I. The number of anilines is 1. The zero-order valence-electron chi connectivity index (χ0n) is 7.77. The lowest BCUT2D eigenvalue weighted by atomic mass is 10.5. The van der Waals surface area contributed by atoms with Crippen LogP contribution in [-0.4, -0.2) is 27.8 Å². The Balaban J connectivity index is 2.44. The van der Waals surface area contributed by atoms with E-state index in [1.807, 2.05) is 0 Å². The summed E-state index contributed by atoms with van der Waals surface area (Å²) in [6, 6.07) is 0. The fourth-order valence-electron chi connectivity index (χ4n) is 0.842. The van der Waals surface area contributed by atoms with Gasteiger partial charge in [-0.3, -0.25) is 4.79 Å². The Morgan fingerprint density at radius 2 is 2.25 bits per heavy atom. The van der Waals surface area contributed by atoms with Crippen LogP contribution >= 0.6 is 34.4 Å². The summed E-state index contributed by atoms with van der Waals surface area (Å²) in [5.41, 5.74) is -4.54. The van der Waals surface area contributed by atoms with Crippen molar-refractivity contribution in [2.45, 2.75) is 5.51 Å². The van der Waals surface area contributed by atoms with Crippen molar-refractivity contribution in [3.05, 3.63) is 20.3 Å². The number of thioether (sulfide) groups is 1. The maximum absolute atomic E-state index is 11.8. The minimum absolute atomic E-state index is 0.0939. The molecule has 0 aromatic carbocycles. The van der Waals surface area contributed by atoms with Gasteiger partial charge < -0.3 is 10.3 Å². The van der Waals surface area contributed by atoms with Crippen LogP contribution < -0.4 is 10.9 Å². The van der Waals surface area contributed by atoms with E-state index in [1.165, 1.54) is 6.33 Å². The predicted octanol–water partition coefficient (Wildman–Crippen LogP) is 2.04. The van der Waals surface area contributed by atoms with Gasteiger partial charge in [-0.1, -0.05) is 0 Å². The number of nitrogens with one attached hydrogen (secondary N) is 2. The summed E-state index contributed by atoms with van der Waals surface area (Å²) in [5, 5.41) is 2.67. The number of aromatic amines is 1. The second-order valence-corrected chi connectivity index (χ2v) is 4.85. The Morgan fingerprint density at radius 1 is 1.56 bits per heavy atom. The molecule has 0 bridgehead atoms. The number of halogens is 4. The van der Waals surface area contributed by atoms with Gasteiger partial charge in [0.15, 0.2) is 0 Å². The molecule has 2 N–H and O–H groups in total. The van der Waals surface area contributed by atoms with Crippen LogP contribution in [0.2, 0.25) is 0 Å². The van der Waals surface area contributed by atoms with E-state index in [0.29, 0.717) is 9.39 Å². The summed E-state index contributed by atoms with van der Waals surface area (Å²) in [6.07, 6.45) is 1.20. The fraction of sp³-hybridized carbons (Fsp3) is 0.429. The predicted molar refractivity (Wildman–Crippen MR) is 64.6 cm³/mol. The number of hydrogen-bond donors (Lipinski definition) is 2. The molecule has 1 rings (SSSR count). The van der Waals surface area contributed by atoms with Gasteiger partial charge >= 0.3 is 5.51 Å². The molecule has 1 heterocycles. The van der Waals surface area contributed by atoms with Crippen LogP contribution in [-0.2, 0) is 0 Å². The zero-order valence-corrected chi connectivity index (χ0v) is 10.7. The molecule has 0 saturated heterocycles. The number of nitrogens with zero attached hydrogens (tertiary/aromatic N) is 1. The highest BCUT2D eigenvalue weighted by atomic mass is 127. The maximum Gasteiger partial charge on any atom is 0.441 e. The maximum atomic E-state index is 11.8. The van der Waals surface area contributed by atoms with Crippen LogP contribution in [0.15, 0.2) is 11.1 Å². The molecular weight excluding hydrogens is 358 g/mol. The van der Waals surface area contributed by atoms with Crippen molar-refractivity contribution in [2.24, 2.45) is 0 Å². The van der Waals surface area contributed by atoms with Crippen LogP contribution in [0, 0.1) is 3.57 Å². The molecule has 0 amide bonds. The van der Waals surface area contributed by atoms with Gasteiger partial charge in [0.2, 0.25) is 0 Å². The van der Waals surface area contributed by atoms with E-state index in [0.717, 1.165) is 0 Å². The summed E-state index contributed by atoms with van der Waals surface area (Å²) in [7, 11) is 0. The van der Waals surface area contributed by atoms with Crippen molar-refractivity contribution in [2.75, 3.05) is 17.6 Å². The molecule has 4 nitrogen and oxygen atoms in total. The Kier molecular flexibility index (Phi) is 4.89. The lowest BCUT2D eigenvalue weighted by Crippen LogP contribution is -2.17. The molecule has 16 heavy (non-hydrogen) atoms. The van der Waals surface area contributed by atoms with Crippen LogP contribution in [0.4, 0.5) is 19.0 Å². The highest BCUT2D eigenvalue weighted by molar-refractivity contribution is 14.1. The number of alkyl halides is 3. The largest absolute Gasteiger partial charge is 0.441 e. The van der Waals surface area contributed by atoms with Crippen LogP contribution in [0.3, 0.4) is 0 Å². The average molecular weight is 365 g/mol. The molecule has 0 aliphatic heterocycles. The topological polar surface area (TPSA) is 57.8 Å². The molecule has 9 heteroatoms. The zero-order chi connectivity index (χ0) is 12.2. The van der Waals surface area contributed by atoms with Crippen LogP contribution in [0.1, 0.15) is 0 Å². The second-order valence-electron chi connectivity index (χ2n) is 2.62. The van der Waals surface area contributed by atoms with Gasteiger partial charge in [-0.05, 0) is 34.4 Å². The molecule has 0 aliphatic rings. The van der Waals surface area contributed by atoms with Gasteiger partial charge in [0.1, 0.15) is 9.39 Å². The number of aromatic nitrogens is 2. The van der Waals surface area contributed by atoms with Gasteiger partial charge in [0.05, 0.1) is 6.33 Å². The molecule has 0 saturated carbocycles. The van der Waals surface area contributed by atoms with Gasteiger partial charge in [0.25, 0.3) is 5.56 Å². The minimum Gasteiger partial charge on any atom is -0.368 e. The van der Waals surface area contributed by atoms with E-state index in [-0.39, 0.29) is 29.6 Å². The number of rotatable bonds is 4. The Bertz CT molecular complexity index is 409. The third kappa shape index (κ3) is 4.60. The highest BCUT2D eigenvalue weighted by Crippen LogP contribution is 2.29.